The second-order valence-electron chi connectivity index (χ2n) is 5.13. The molecule has 6 heteroatoms. The van der Waals surface area contributed by atoms with Crippen molar-refractivity contribution in [1.82, 2.24) is 9.80 Å². The highest BCUT2D eigenvalue weighted by molar-refractivity contribution is 5.75. The maximum Gasteiger partial charge on any atom is 0.408 e. The number of rotatable bonds is 3. The third-order valence-electron chi connectivity index (χ3n) is 3.76. The molecule has 0 bridgehead atoms. The highest BCUT2D eigenvalue weighted by Crippen LogP contribution is 2.38. The molecule has 1 aromatic carbocycles. The molecule has 1 heterocycles. The van der Waals surface area contributed by atoms with Crippen molar-refractivity contribution in [1.29, 1.82) is 0 Å². The Morgan fingerprint density at radius 3 is 2.19 bits per heavy atom. The molecule has 2 rings (SSSR count). The van der Waals surface area contributed by atoms with Gasteiger partial charge in [0.1, 0.15) is 6.04 Å². The molecule has 21 heavy (non-hydrogen) atoms. The predicted octanol–water partition coefficient (Wildman–Crippen LogP) is 2.84. The van der Waals surface area contributed by atoms with Crippen LogP contribution in [-0.4, -0.2) is 48.1 Å². The van der Waals surface area contributed by atoms with Gasteiger partial charge in [0.25, 0.3) is 0 Å². The van der Waals surface area contributed by atoms with Gasteiger partial charge in [0.05, 0.1) is 0 Å². The number of halogens is 3. The first-order valence-electron chi connectivity index (χ1n) is 7.07. The first-order valence-corrected chi connectivity index (χ1v) is 7.07. The number of alkyl halides is 3. The lowest BCUT2D eigenvalue weighted by Crippen LogP contribution is -2.52. The molecule has 0 radical (unpaired) electrons. The molecule has 0 aromatic heterocycles. The zero-order valence-electron chi connectivity index (χ0n) is 11.9. The fourth-order valence-corrected chi connectivity index (χ4v) is 2.70. The summed E-state index contributed by atoms with van der Waals surface area (Å²) in [6, 6.07) is 6.34. The smallest absolute Gasteiger partial charge is 0.340 e. The van der Waals surface area contributed by atoms with Crippen molar-refractivity contribution in [3.05, 3.63) is 35.9 Å². The molecule has 116 valence electrons. The average Bonchev–Trinajstić information content (AvgIpc) is 2.47. The monoisotopic (exact) mass is 300 g/mol. The second kappa shape index (κ2) is 6.47. The highest BCUT2D eigenvalue weighted by atomic mass is 19.4. The molecule has 1 aliphatic rings. The lowest BCUT2D eigenvalue weighted by atomic mass is 10.0. The van der Waals surface area contributed by atoms with Crippen LogP contribution in [0, 0.1) is 0 Å². The van der Waals surface area contributed by atoms with Gasteiger partial charge in [-0.25, -0.2) is 0 Å². The lowest BCUT2D eigenvalue weighted by Gasteiger charge is -2.40. The first kappa shape index (κ1) is 15.8. The number of piperazine rings is 1. The summed E-state index contributed by atoms with van der Waals surface area (Å²) in [6.07, 6.45) is -3.93. The lowest BCUT2D eigenvalue weighted by molar-refractivity contribution is -0.190. The van der Waals surface area contributed by atoms with Crippen molar-refractivity contribution >= 4 is 5.91 Å². The van der Waals surface area contributed by atoms with Crippen molar-refractivity contribution in [3.63, 3.8) is 0 Å². The Kier molecular flexibility index (Phi) is 4.88. The van der Waals surface area contributed by atoms with Crippen LogP contribution in [0.5, 0.6) is 0 Å². The van der Waals surface area contributed by atoms with E-state index in [1.54, 1.807) is 30.0 Å². The Bertz CT molecular complexity index is 468. The fraction of sp³-hybridized carbons (Fsp3) is 0.533. The maximum atomic E-state index is 13.4. The summed E-state index contributed by atoms with van der Waals surface area (Å²) in [4.78, 5) is 14.6. The van der Waals surface area contributed by atoms with Gasteiger partial charge in [-0.05, 0) is 5.56 Å². The maximum absolute atomic E-state index is 13.4. The number of hydrogen-bond acceptors (Lipinski definition) is 2. The molecule has 1 amide bonds. The van der Waals surface area contributed by atoms with Crippen molar-refractivity contribution < 1.29 is 18.0 Å². The van der Waals surface area contributed by atoms with Gasteiger partial charge in [0.2, 0.25) is 5.91 Å². The van der Waals surface area contributed by atoms with Crippen molar-refractivity contribution in [2.45, 2.75) is 25.6 Å². The van der Waals surface area contributed by atoms with Crippen molar-refractivity contribution in [3.8, 4) is 0 Å². The number of carbonyl (C=O) groups is 1. The average molecular weight is 300 g/mol. The molecule has 0 saturated carbocycles. The van der Waals surface area contributed by atoms with Gasteiger partial charge in [-0.3, -0.25) is 9.69 Å². The molecule has 1 aliphatic heterocycles. The van der Waals surface area contributed by atoms with E-state index in [9.17, 15) is 18.0 Å². The number of benzene rings is 1. The SMILES string of the molecule is CCC(=O)N1CCN([C@@H](c2ccccc2)C(F)(F)F)CC1. The number of amides is 1. The Morgan fingerprint density at radius 2 is 1.71 bits per heavy atom. The predicted molar refractivity (Wildman–Crippen MR) is 73.7 cm³/mol. The number of carbonyl (C=O) groups excluding carboxylic acids is 1. The van der Waals surface area contributed by atoms with Crippen LogP contribution < -0.4 is 0 Å². The van der Waals surface area contributed by atoms with E-state index >= 15 is 0 Å². The van der Waals surface area contributed by atoms with Crippen molar-refractivity contribution in [2.75, 3.05) is 26.2 Å². The fourth-order valence-electron chi connectivity index (χ4n) is 2.70. The van der Waals surface area contributed by atoms with Gasteiger partial charge < -0.3 is 4.90 Å². The molecule has 1 aromatic rings. The van der Waals surface area contributed by atoms with Gasteiger partial charge in [0.15, 0.2) is 0 Å². The Labute approximate surface area is 122 Å². The van der Waals surface area contributed by atoms with Gasteiger partial charge in [0, 0.05) is 32.6 Å². The Morgan fingerprint density at radius 1 is 1.14 bits per heavy atom. The highest BCUT2D eigenvalue weighted by Gasteiger charge is 2.45. The van der Waals surface area contributed by atoms with Crippen LogP contribution >= 0.6 is 0 Å². The van der Waals surface area contributed by atoms with E-state index in [2.05, 4.69) is 0 Å². The van der Waals surface area contributed by atoms with Gasteiger partial charge in [-0.2, -0.15) is 13.2 Å². The topological polar surface area (TPSA) is 23.6 Å². The largest absolute Gasteiger partial charge is 0.408 e. The molecule has 0 spiro atoms. The minimum Gasteiger partial charge on any atom is -0.340 e. The zero-order valence-corrected chi connectivity index (χ0v) is 11.9. The minimum atomic E-state index is -4.32. The van der Waals surface area contributed by atoms with Gasteiger partial charge >= 0.3 is 6.18 Å². The standard InChI is InChI=1S/C15H19F3N2O/c1-2-13(21)19-8-10-20(11-9-19)14(15(16,17)18)12-6-4-3-5-7-12/h3-7,14H,2,8-11H2,1H3/t14-/m0/s1. The van der Waals surface area contributed by atoms with E-state index in [0.717, 1.165) is 0 Å². The molecule has 1 atom stereocenters. The molecular weight excluding hydrogens is 281 g/mol. The summed E-state index contributed by atoms with van der Waals surface area (Å²) >= 11 is 0. The molecule has 1 fully saturated rings. The minimum absolute atomic E-state index is 0.00193. The zero-order chi connectivity index (χ0) is 15.5. The van der Waals surface area contributed by atoms with Crippen LogP contribution in [-0.2, 0) is 4.79 Å². The van der Waals surface area contributed by atoms with Crippen LogP contribution in [0.15, 0.2) is 30.3 Å². The van der Waals surface area contributed by atoms with Crippen molar-refractivity contribution in [2.24, 2.45) is 0 Å². The third-order valence-corrected chi connectivity index (χ3v) is 3.76. The first-order chi connectivity index (χ1) is 9.93. The van der Waals surface area contributed by atoms with E-state index in [-0.39, 0.29) is 24.6 Å². The molecule has 3 nitrogen and oxygen atoms in total. The molecule has 0 unspecified atom stereocenters. The van der Waals surface area contributed by atoms with Crippen LogP contribution in [0.25, 0.3) is 0 Å². The van der Waals surface area contributed by atoms with E-state index in [4.69, 9.17) is 0 Å². The van der Waals surface area contributed by atoms with Crippen LogP contribution in [0.4, 0.5) is 13.2 Å². The molecule has 1 saturated heterocycles. The van der Waals surface area contributed by atoms with E-state index in [0.29, 0.717) is 19.5 Å². The van der Waals surface area contributed by atoms with Gasteiger partial charge in [-0.15, -0.1) is 0 Å². The molecule has 0 N–H and O–H groups in total. The Hall–Kier alpha value is -1.56. The summed E-state index contributed by atoms with van der Waals surface area (Å²) in [6.45, 7) is 2.95. The number of nitrogens with zero attached hydrogens (tertiary/aromatic N) is 2. The Balaban J connectivity index is 2.12. The third kappa shape index (κ3) is 3.75. The second-order valence-corrected chi connectivity index (χ2v) is 5.13. The number of hydrogen-bond donors (Lipinski definition) is 0. The van der Waals surface area contributed by atoms with E-state index < -0.39 is 12.2 Å². The summed E-state index contributed by atoms with van der Waals surface area (Å²) in [5.41, 5.74) is 0.250. The van der Waals surface area contributed by atoms with E-state index in [1.165, 1.54) is 17.0 Å². The van der Waals surface area contributed by atoms with E-state index in [1.807, 2.05) is 0 Å². The summed E-state index contributed by atoms with van der Waals surface area (Å²) < 4.78 is 40.2. The normalized spacial score (nSPS) is 18.6. The quantitative estimate of drug-likeness (QED) is 0.857. The van der Waals surface area contributed by atoms with Crippen LogP contribution in [0.3, 0.4) is 0 Å². The molecule has 0 aliphatic carbocycles. The van der Waals surface area contributed by atoms with Crippen LogP contribution in [0.1, 0.15) is 24.9 Å². The summed E-state index contributed by atoms with van der Waals surface area (Å²) in [5, 5.41) is 0. The summed E-state index contributed by atoms with van der Waals surface area (Å²) in [5.74, 6) is -0.00193. The van der Waals surface area contributed by atoms with Gasteiger partial charge in [-0.1, -0.05) is 37.3 Å². The summed E-state index contributed by atoms with van der Waals surface area (Å²) in [7, 11) is 0. The van der Waals surface area contributed by atoms with Crippen LogP contribution in [0.2, 0.25) is 0 Å². The molecular formula is C15H19F3N2O.